The Kier molecular flexibility index (Phi) is 8.77. The van der Waals surface area contributed by atoms with Crippen LogP contribution in [0, 0.1) is 0 Å². The lowest BCUT2D eigenvalue weighted by atomic mass is 10.1. The molecule has 0 saturated carbocycles. The van der Waals surface area contributed by atoms with Crippen molar-refractivity contribution in [1.29, 1.82) is 0 Å². The van der Waals surface area contributed by atoms with Gasteiger partial charge in [0.25, 0.3) is 11.8 Å². The van der Waals surface area contributed by atoms with Crippen LogP contribution in [0.2, 0.25) is 10.0 Å². The molecule has 3 rings (SSSR count). The van der Waals surface area contributed by atoms with Crippen molar-refractivity contribution in [3.63, 3.8) is 0 Å². The third-order valence-corrected chi connectivity index (χ3v) is 7.03. The predicted molar refractivity (Wildman–Crippen MR) is 141 cm³/mol. The number of sulfonamides is 1. The zero-order chi connectivity index (χ0) is 25.6. The Morgan fingerprint density at radius 1 is 0.914 bits per heavy atom. The van der Waals surface area contributed by atoms with Gasteiger partial charge in [0.15, 0.2) is 0 Å². The van der Waals surface area contributed by atoms with E-state index in [9.17, 15) is 18.0 Å². The number of rotatable bonds is 9. The van der Waals surface area contributed by atoms with Crippen LogP contribution in [-0.2, 0) is 16.6 Å². The van der Waals surface area contributed by atoms with Gasteiger partial charge in [0.2, 0.25) is 10.0 Å². The first-order chi connectivity index (χ1) is 16.6. The maximum absolute atomic E-state index is 12.8. The number of amides is 2. The lowest BCUT2D eigenvalue weighted by Gasteiger charge is -2.24. The number of nitrogens with zero attached hydrogens (tertiary/aromatic N) is 1. The van der Waals surface area contributed by atoms with Crippen molar-refractivity contribution in [2.24, 2.45) is 0 Å². The lowest BCUT2D eigenvalue weighted by molar-refractivity contribution is 0.0954. The van der Waals surface area contributed by atoms with E-state index < -0.39 is 15.9 Å². The highest BCUT2D eigenvalue weighted by atomic mass is 35.5. The number of para-hydroxylation sites is 1. The molecule has 0 fully saturated rings. The maximum Gasteiger partial charge on any atom is 0.255 e. The average molecular weight is 534 g/mol. The normalized spacial score (nSPS) is 11.1. The molecular weight excluding hydrogens is 509 g/mol. The summed E-state index contributed by atoms with van der Waals surface area (Å²) in [6.07, 6.45) is 1.88. The molecule has 0 bridgehead atoms. The molecule has 0 spiro atoms. The van der Waals surface area contributed by atoms with Crippen molar-refractivity contribution in [2.45, 2.75) is 19.9 Å². The average Bonchev–Trinajstić information content (AvgIpc) is 2.83. The Hall–Kier alpha value is -3.07. The molecule has 0 aliphatic rings. The molecule has 3 aromatic rings. The molecule has 0 unspecified atom stereocenters. The molecule has 7 nitrogen and oxygen atoms in total. The zero-order valence-electron chi connectivity index (χ0n) is 19.2. The Morgan fingerprint density at radius 2 is 1.60 bits per heavy atom. The van der Waals surface area contributed by atoms with E-state index in [-0.39, 0.29) is 28.2 Å². The number of benzene rings is 3. The van der Waals surface area contributed by atoms with E-state index in [2.05, 4.69) is 10.6 Å². The molecule has 184 valence electrons. The number of nitrogens with one attached hydrogen (secondary N) is 2. The van der Waals surface area contributed by atoms with Gasteiger partial charge in [-0.25, -0.2) is 8.42 Å². The number of hydrogen-bond donors (Lipinski definition) is 2. The fourth-order valence-electron chi connectivity index (χ4n) is 3.31. The van der Waals surface area contributed by atoms with Crippen molar-refractivity contribution >= 4 is 56.4 Å². The summed E-state index contributed by atoms with van der Waals surface area (Å²) in [6, 6.07) is 18.0. The van der Waals surface area contributed by atoms with Gasteiger partial charge < -0.3 is 10.6 Å². The van der Waals surface area contributed by atoms with Crippen molar-refractivity contribution in [2.75, 3.05) is 22.4 Å². The van der Waals surface area contributed by atoms with Crippen LogP contribution >= 0.6 is 23.2 Å². The van der Waals surface area contributed by atoms with Crippen molar-refractivity contribution in [1.82, 2.24) is 5.32 Å². The Bertz CT molecular complexity index is 1330. The molecule has 0 aliphatic carbocycles. The highest BCUT2D eigenvalue weighted by molar-refractivity contribution is 7.92. The third kappa shape index (κ3) is 6.75. The second-order valence-corrected chi connectivity index (χ2v) is 10.5. The fraction of sp³-hybridized carbons (Fsp3) is 0.200. The summed E-state index contributed by atoms with van der Waals surface area (Å²) in [5.41, 5.74) is 2.02. The monoisotopic (exact) mass is 533 g/mol. The third-order valence-electron chi connectivity index (χ3n) is 5.10. The first-order valence-electron chi connectivity index (χ1n) is 10.8. The lowest BCUT2D eigenvalue weighted by Crippen LogP contribution is -2.29. The van der Waals surface area contributed by atoms with Crippen molar-refractivity contribution in [3.8, 4) is 0 Å². The second kappa shape index (κ2) is 11.6. The smallest absolute Gasteiger partial charge is 0.255 e. The molecular formula is C25H25Cl2N3O4S. The highest BCUT2D eigenvalue weighted by Crippen LogP contribution is 2.34. The quantitative estimate of drug-likeness (QED) is 0.387. The molecule has 2 N–H and O–H groups in total. The first kappa shape index (κ1) is 26.5. The van der Waals surface area contributed by atoms with E-state index >= 15 is 0 Å². The Morgan fingerprint density at radius 3 is 2.26 bits per heavy atom. The molecule has 2 amide bonds. The standard InChI is InChI=1S/C25H25Cl2N3O4S/c1-3-15-28-25(32)19-7-4-5-9-21(19)29-24(31)18-13-11-17(12-14-18)16-30(35(2,33)34)22-10-6-8-20(26)23(22)27/h4-14H,3,15-16H2,1-2H3,(H,28,32)(H,29,31). The van der Waals surface area contributed by atoms with Crippen LogP contribution < -0.4 is 14.9 Å². The van der Waals surface area contributed by atoms with Gasteiger partial charge in [-0.05, 0) is 48.4 Å². The largest absolute Gasteiger partial charge is 0.352 e. The van der Waals surface area contributed by atoms with Crippen molar-refractivity contribution < 1.29 is 18.0 Å². The van der Waals surface area contributed by atoms with Gasteiger partial charge in [0.05, 0.1) is 39.8 Å². The second-order valence-electron chi connectivity index (χ2n) is 7.80. The Labute approximate surface area is 215 Å². The van der Waals surface area contributed by atoms with Crippen LogP contribution in [0.3, 0.4) is 0 Å². The maximum atomic E-state index is 12.8. The number of carbonyl (C=O) groups is 2. The summed E-state index contributed by atoms with van der Waals surface area (Å²) in [5.74, 6) is -0.663. The SMILES string of the molecule is CCCNC(=O)c1ccccc1NC(=O)c1ccc(CN(c2cccc(Cl)c2Cl)S(C)(=O)=O)cc1. The number of carbonyl (C=O) groups excluding carboxylic acids is 2. The molecule has 10 heteroatoms. The minimum absolute atomic E-state index is 0.00122. The summed E-state index contributed by atoms with van der Waals surface area (Å²) >= 11 is 12.3. The van der Waals surface area contributed by atoms with Crippen LogP contribution in [-0.4, -0.2) is 33.0 Å². The zero-order valence-corrected chi connectivity index (χ0v) is 21.5. The molecule has 0 aliphatic heterocycles. The number of anilines is 2. The van der Waals surface area contributed by atoms with Gasteiger partial charge in [-0.2, -0.15) is 0 Å². The van der Waals surface area contributed by atoms with E-state index in [4.69, 9.17) is 23.2 Å². The molecule has 0 radical (unpaired) electrons. The molecule has 0 aromatic heterocycles. The van der Waals surface area contributed by atoms with E-state index in [0.717, 1.165) is 17.0 Å². The van der Waals surface area contributed by atoms with Crippen molar-refractivity contribution in [3.05, 3.63) is 93.5 Å². The summed E-state index contributed by atoms with van der Waals surface area (Å²) in [6.45, 7) is 2.49. The fourth-order valence-corrected chi connectivity index (χ4v) is 4.65. The first-order valence-corrected chi connectivity index (χ1v) is 13.4. The van der Waals surface area contributed by atoms with Crippen LogP contribution in [0.4, 0.5) is 11.4 Å². The summed E-state index contributed by atoms with van der Waals surface area (Å²) in [5, 5.41) is 5.95. The topological polar surface area (TPSA) is 95.6 Å². The van der Waals surface area contributed by atoms with Gasteiger partial charge in [-0.3, -0.25) is 13.9 Å². The molecule has 3 aromatic carbocycles. The molecule has 0 saturated heterocycles. The van der Waals surface area contributed by atoms with Gasteiger partial charge >= 0.3 is 0 Å². The van der Waals surface area contributed by atoms with E-state index in [1.807, 2.05) is 6.92 Å². The molecule has 0 atom stereocenters. The van der Waals surface area contributed by atoms with Crippen LogP contribution in [0.1, 0.15) is 39.6 Å². The van der Waals surface area contributed by atoms with E-state index in [1.54, 1.807) is 66.7 Å². The number of halogens is 2. The molecule has 35 heavy (non-hydrogen) atoms. The van der Waals surface area contributed by atoms with E-state index in [0.29, 0.717) is 28.9 Å². The van der Waals surface area contributed by atoms with Crippen LogP contribution in [0.25, 0.3) is 0 Å². The Balaban J connectivity index is 1.78. The van der Waals surface area contributed by atoms with Crippen LogP contribution in [0.15, 0.2) is 66.7 Å². The predicted octanol–water partition coefficient (Wildman–Crippen LogP) is 5.35. The molecule has 0 heterocycles. The van der Waals surface area contributed by atoms with Crippen LogP contribution in [0.5, 0.6) is 0 Å². The number of hydrogen-bond acceptors (Lipinski definition) is 4. The van der Waals surface area contributed by atoms with Gasteiger partial charge in [-0.1, -0.05) is 60.5 Å². The minimum Gasteiger partial charge on any atom is -0.352 e. The highest BCUT2D eigenvalue weighted by Gasteiger charge is 2.22. The summed E-state index contributed by atoms with van der Waals surface area (Å²) in [7, 11) is -3.67. The summed E-state index contributed by atoms with van der Waals surface area (Å²) < 4.78 is 26.1. The van der Waals surface area contributed by atoms with Gasteiger partial charge in [0, 0.05) is 12.1 Å². The van der Waals surface area contributed by atoms with Gasteiger partial charge in [-0.15, -0.1) is 0 Å². The van der Waals surface area contributed by atoms with E-state index in [1.165, 1.54) is 0 Å². The summed E-state index contributed by atoms with van der Waals surface area (Å²) in [4.78, 5) is 25.2. The van der Waals surface area contributed by atoms with Gasteiger partial charge in [0.1, 0.15) is 0 Å². The minimum atomic E-state index is -3.67.